The van der Waals surface area contributed by atoms with Crippen molar-refractivity contribution in [3.8, 4) is 0 Å². The molecule has 0 bridgehead atoms. The summed E-state index contributed by atoms with van der Waals surface area (Å²) in [5.74, 6) is -0.253. The molecule has 1 aromatic rings. The minimum Gasteiger partial charge on any atom is -0.475 e. The van der Waals surface area contributed by atoms with Crippen LogP contribution in [0.1, 0.15) is 49.1 Å². The molecular formula is C14H19NO3. The highest BCUT2D eigenvalue weighted by molar-refractivity contribution is 5.84. The van der Waals surface area contributed by atoms with Crippen LogP contribution in [0.25, 0.3) is 0 Å². The molecule has 0 aromatic carbocycles. The third-order valence-electron chi connectivity index (χ3n) is 4.60. The van der Waals surface area contributed by atoms with Gasteiger partial charge in [-0.25, -0.2) is 4.79 Å². The molecule has 2 fully saturated rings. The van der Waals surface area contributed by atoms with E-state index in [1.807, 2.05) is 0 Å². The molecule has 1 aliphatic heterocycles. The fraction of sp³-hybridized carbons (Fsp3) is 0.643. The molecule has 2 heterocycles. The van der Waals surface area contributed by atoms with E-state index in [9.17, 15) is 4.79 Å². The van der Waals surface area contributed by atoms with Gasteiger partial charge in [0.05, 0.1) is 0 Å². The summed E-state index contributed by atoms with van der Waals surface area (Å²) in [7, 11) is 0. The van der Waals surface area contributed by atoms with E-state index < -0.39 is 5.97 Å². The van der Waals surface area contributed by atoms with Gasteiger partial charge in [-0.2, -0.15) is 0 Å². The zero-order valence-corrected chi connectivity index (χ0v) is 10.5. The van der Waals surface area contributed by atoms with E-state index in [1.165, 1.54) is 44.6 Å². The molecule has 1 saturated carbocycles. The Morgan fingerprint density at radius 1 is 1.17 bits per heavy atom. The summed E-state index contributed by atoms with van der Waals surface area (Å²) in [6, 6.07) is 3.31. The van der Waals surface area contributed by atoms with Crippen molar-refractivity contribution in [2.45, 2.75) is 38.5 Å². The van der Waals surface area contributed by atoms with E-state index in [4.69, 9.17) is 9.52 Å². The van der Waals surface area contributed by atoms with Gasteiger partial charge in [0, 0.05) is 19.2 Å². The van der Waals surface area contributed by atoms with Gasteiger partial charge in [-0.3, -0.25) is 0 Å². The van der Waals surface area contributed by atoms with Crippen LogP contribution in [0.15, 0.2) is 16.5 Å². The minimum atomic E-state index is -0.995. The van der Waals surface area contributed by atoms with Crippen molar-refractivity contribution < 1.29 is 14.3 Å². The lowest BCUT2D eigenvalue weighted by Crippen LogP contribution is -2.38. The van der Waals surface area contributed by atoms with Gasteiger partial charge in [-0.15, -0.1) is 0 Å². The number of carbonyl (C=O) groups is 1. The molecule has 0 unspecified atom stereocenters. The van der Waals surface area contributed by atoms with E-state index in [2.05, 4.69) is 4.90 Å². The highest BCUT2D eigenvalue weighted by atomic mass is 16.4. The highest BCUT2D eigenvalue weighted by Crippen LogP contribution is 2.46. The first-order valence-electron chi connectivity index (χ1n) is 6.77. The average Bonchev–Trinajstić information content (AvgIpc) is 3.00. The van der Waals surface area contributed by atoms with Crippen molar-refractivity contribution in [2.75, 3.05) is 18.0 Å². The third-order valence-corrected chi connectivity index (χ3v) is 4.60. The van der Waals surface area contributed by atoms with Crippen molar-refractivity contribution in [1.29, 1.82) is 0 Å². The quantitative estimate of drug-likeness (QED) is 0.874. The normalized spacial score (nSPS) is 22.6. The number of nitrogens with zero attached hydrogens (tertiary/aromatic N) is 1. The predicted octanol–water partition coefficient (Wildman–Crippen LogP) is 3.14. The molecule has 1 spiro atoms. The van der Waals surface area contributed by atoms with Gasteiger partial charge < -0.3 is 14.4 Å². The van der Waals surface area contributed by atoms with Crippen molar-refractivity contribution in [2.24, 2.45) is 5.41 Å². The number of piperidine rings is 1. The molecule has 0 radical (unpaired) electrons. The Labute approximate surface area is 107 Å². The SMILES string of the molecule is O=C(O)c1ccc(N2CCC3(CCCC3)CC2)o1. The largest absolute Gasteiger partial charge is 0.475 e. The Balaban J connectivity index is 1.66. The standard InChI is InChI=1S/C14H19NO3/c16-13(17)11-3-4-12(18-11)15-9-7-14(8-10-15)5-1-2-6-14/h3-4H,1-2,5-10H2,(H,16,17). The van der Waals surface area contributed by atoms with E-state index in [1.54, 1.807) is 6.07 Å². The average molecular weight is 249 g/mol. The second kappa shape index (κ2) is 4.34. The first-order chi connectivity index (χ1) is 8.69. The molecule has 0 amide bonds. The molecule has 4 heteroatoms. The number of anilines is 1. The Morgan fingerprint density at radius 2 is 1.83 bits per heavy atom. The van der Waals surface area contributed by atoms with E-state index >= 15 is 0 Å². The molecule has 18 heavy (non-hydrogen) atoms. The molecule has 3 rings (SSSR count). The van der Waals surface area contributed by atoms with Crippen LogP contribution in [-0.2, 0) is 0 Å². The summed E-state index contributed by atoms with van der Waals surface area (Å²) in [4.78, 5) is 13.0. The van der Waals surface area contributed by atoms with Gasteiger partial charge in [0.2, 0.25) is 5.76 Å². The number of rotatable bonds is 2. The van der Waals surface area contributed by atoms with Crippen molar-refractivity contribution >= 4 is 11.9 Å². The summed E-state index contributed by atoms with van der Waals surface area (Å²) in [6.45, 7) is 1.99. The zero-order chi connectivity index (χ0) is 12.6. The van der Waals surface area contributed by atoms with Gasteiger partial charge in [-0.05, 0) is 37.2 Å². The lowest BCUT2D eigenvalue weighted by molar-refractivity contribution is 0.0662. The summed E-state index contributed by atoms with van der Waals surface area (Å²) >= 11 is 0. The molecule has 2 aliphatic rings. The lowest BCUT2D eigenvalue weighted by atomic mass is 9.77. The number of carboxylic acid groups (broad SMARTS) is 1. The fourth-order valence-corrected chi connectivity index (χ4v) is 3.44. The van der Waals surface area contributed by atoms with Crippen LogP contribution in [0, 0.1) is 5.41 Å². The van der Waals surface area contributed by atoms with Crippen molar-refractivity contribution in [1.82, 2.24) is 0 Å². The topological polar surface area (TPSA) is 53.7 Å². The maximum absolute atomic E-state index is 10.8. The Bertz CT molecular complexity index is 436. The van der Waals surface area contributed by atoms with Gasteiger partial charge in [0.25, 0.3) is 0 Å². The van der Waals surface area contributed by atoms with Gasteiger partial charge in [-0.1, -0.05) is 12.8 Å². The number of hydrogen-bond donors (Lipinski definition) is 1. The first kappa shape index (κ1) is 11.6. The maximum Gasteiger partial charge on any atom is 0.371 e. The number of furan rings is 1. The molecule has 1 saturated heterocycles. The molecule has 1 N–H and O–H groups in total. The molecule has 98 valence electrons. The molecule has 4 nitrogen and oxygen atoms in total. The second-order valence-electron chi connectivity index (χ2n) is 5.64. The summed E-state index contributed by atoms with van der Waals surface area (Å²) in [5.41, 5.74) is 0.582. The van der Waals surface area contributed by atoms with E-state index in [0.29, 0.717) is 11.3 Å². The molecule has 1 aliphatic carbocycles. The monoisotopic (exact) mass is 249 g/mol. The van der Waals surface area contributed by atoms with Crippen LogP contribution >= 0.6 is 0 Å². The summed E-state index contributed by atoms with van der Waals surface area (Å²) in [6.07, 6.45) is 7.94. The predicted molar refractivity (Wildman–Crippen MR) is 68.0 cm³/mol. The summed E-state index contributed by atoms with van der Waals surface area (Å²) < 4.78 is 5.36. The van der Waals surface area contributed by atoms with E-state index in [0.717, 1.165) is 13.1 Å². The Morgan fingerprint density at radius 3 is 2.39 bits per heavy atom. The van der Waals surface area contributed by atoms with Gasteiger partial charge >= 0.3 is 5.97 Å². The van der Waals surface area contributed by atoms with E-state index in [-0.39, 0.29) is 5.76 Å². The van der Waals surface area contributed by atoms with Crippen LogP contribution in [0.3, 0.4) is 0 Å². The van der Waals surface area contributed by atoms with Crippen LogP contribution in [0.4, 0.5) is 5.88 Å². The smallest absolute Gasteiger partial charge is 0.371 e. The van der Waals surface area contributed by atoms with Crippen LogP contribution in [0.5, 0.6) is 0 Å². The number of aromatic carboxylic acids is 1. The molecule has 1 aromatic heterocycles. The molecular weight excluding hydrogens is 230 g/mol. The van der Waals surface area contributed by atoms with Gasteiger partial charge in [0.15, 0.2) is 5.88 Å². The number of carboxylic acids is 1. The van der Waals surface area contributed by atoms with Crippen LogP contribution in [0.2, 0.25) is 0 Å². The Kier molecular flexibility index (Phi) is 2.80. The Hall–Kier alpha value is -1.45. The third kappa shape index (κ3) is 2.00. The van der Waals surface area contributed by atoms with Crippen LogP contribution in [-0.4, -0.2) is 24.2 Å². The van der Waals surface area contributed by atoms with Gasteiger partial charge in [0.1, 0.15) is 0 Å². The number of hydrogen-bond acceptors (Lipinski definition) is 3. The van der Waals surface area contributed by atoms with Crippen LogP contribution < -0.4 is 4.90 Å². The summed E-state index contributed by atoms with van der Waals surface area (Å²) in [5, 5.41) is 8.85. The second-order valence-corrected chi connectivity index (χ2v) is 5.64. The lowest BCUT2D eigenvalue weighted by Gasteiger charge is -2.39. The minimum absolute atomic E-state index is 0.0335. The maximum atomic E-state index is 10.8. The first-order valence-corrected chi connectivity index (χ1v) is 6.77. The zero-order valence-electron chi connectivity index (χ0n) is 10.5. The fourth-order valence-electron chi connectivity index (χ4n) is 3.44. The molecule has 0 atom stereocenters. The van der Waals surface area contributed by atoms with Crippen molar-refractivity contribution in [3.63, 3.8) is 0 Å². The highest BCUT2D eigenvalue weighted by Gasteiger charge is 2.37. The van der Waals surface area contributed by atoms with Crippen molar-refractivity contribution in [3.05, 3.63) is 17.9 Å².